The van der Waals surface area contributed by atoms with E-state index in [1.54, 1.807) is 0 Å². The molecule has 0 bridgehead atoms. The monoisotopic (exact) mass is 440 g/mol. The number of H-pyrrole nitrogens is 1. The zero-order valence-corrected chi connectivity index (χ0v) is 19.0. The molecule has 0 atom stereocenters. The number of imidazole rings is 1. The minimum absolute atomic E-state index is 0.0394. The van der Waals surface area contributed by atoms with Gasteiger partial charge in [-0.3, -0.25) is 0 Å². The molecule has 3 aromatic carbocycles. The first-order valence-electron chi connectivity index (χ1n) is 11.4. The highest BCUT2D eigenvalue weighted by Gasteiger charge is 2.24. The van der Waals surface area contributed by atoms with Gasteiger partial charge in [0, 0.05) is 18.7 Å². The average Bonchev–Trinajstić information content (AvgIpc) is 3.08. The van der Waals surface area contributed by atoms with Crippen molar-refractivity contribution in [3.05, 3.63) is 83.7 Å². The van der Waals surface area contributed by atoms with E-state index in [1.165, 1.54) is 0 Å². The summed E-state index contributed by atoms with van der Waals surface area (Å²) in [7, 11) is 0. The van der Waals surface area contributed by atoms with E-state index in [9.17, 15) is 4.79 Å². The molecule has 0 saturated heterocycles. The lowest BCUT2D eigenvalue weighted by molar-refractivity contribution is 0.145. The van der Waals surface area contributed by atoms with Crippen LogP contribution in [0.1, 0.15) is 23.9 Å². The third-order valence-corrected chi connectivity index (χ3v) is 6.11. The zero-order chi connectivity index (χ0) is 22.8. The van der Waals surface area contributed by atoms with E-state index >= 15 is 0 Å². The number of nitrogens with zero attached hydrogens (tertiary/aromatic N) is 3. The number of carbonyl (C=O) groups excluding carboxylic acids is 1. The van der Waals surface area contributed by atoms with E-state index in [2.05, 4.69) is 46.4 Å². The van der Waals surface area contributed by atoms with Crippen LogP contribution in [0.2, 0.25) is 0 Å². The molecule has 1 aromatic heterocycles. The van der Waals surface area contributed by atoms with Crippen LogP contribution in [-0.4, -0.2) is 45.5 Å². The van der Waals surface area contributed by atoms with Crippen molar-refractivity contribution < 1.29 is 9.53 Å². The Balaban J connectivity index is 1.39. The van der Waals surface area contributed by atoms with Gasteiger partial charge in [-0.15, -0.1) is 0 Å². The Labute approximate surface area is 193 Å². The summed E-state index contributed by atoms with van der Waals surface area (Å²) in [5.74, 6) is 1.75. The van der Waals surface area contributed by atoms with Gasteiger partial charge in [-0.25, -0.2) is 9.78 Å². The molecule has 0 saturated carbocycles. The van der Waals surface area contributed by atoms with E-state index in [0.29, 0.717) is 32.8 Å². The predicted molar refractivity (Wildman–Crippen MR) is 130 cm³/mol. The molecule has 0 fully saturated rings. The molecule has 1 aliphatic heterocycles. The first-order valence-corrected chi connectivity index (χ1v) is 11.4. The number of aromatic nitrogens is 2. The quantitative estimate of drug-likeness (QED) is 0.464. The third-order valence-electron chi connectivity index (χ3n) is 6.11. The lowest BCUT2D eigenvalue weighted by atomic mass is 10.0. The molecule has 2 amide bonds. The fourth-order valence-corrected chi connectivity index (χ4v) is 4.37. The van der Waals surface area contributed by atoms with E-state index < -0.39 is 0 Å². The van der Waals surface area contributed by atoms with E-state index in [0.717, 1.165) is 44.9 Å². The van der Waals surface area contributed by atoms with Gasteiger partial charge in [-0.1, -0.05) is 42.5 Å². The molecule has 0 radical (unpaired) electrons. The summed E-state index contributed by atoms with van der Waals surface area (Å²) in [5.41, 5.74) is 6.34. The Morgan fingerprint density at radius 1 is 1.09 bits per heavy atom. The molecule has 0 unspecified atom stereocenters. The molecule has 5 rings (SSSR count). The first kappa shape index (κ1) is 21.1. The zero-order valence-electron chi connectivity index (χ0n) is 19.0. The maximum absolute atomic E-state index is 13.4. The number of aromatic amines is 1. The number of urea groups is 1. The Morgan fingerprint density at radius 3 is 2.70 bits per heavy atom. The molecule has 168 valence electrons. The summed E-state index contributed by atoms with van der Waals surface area (Å²) in [6.07, 6.45) is 0. The number of nitrogens with one attached hydrogen (secondary N) is 1. The van der Waals surface area contributed by atoms with Gasteiger partial charge in [0.1, 0.15) is 18.2 Å². The number of hydrogen-bond acceptors (Lipinski definition) is 3. The van der Waals surface area contributed by atoms with Crippen LogP contribution >= 0.6 is 0 Å². The second-order valence-electron chi connectivity index (χ2n) is 8.43. The van der Waals surface area contributed by atoms with Crippen LogP contribution in [0.5, 0.6) is 5.75 Å². The first-order chi connectivity index (χ1) is 16.1. The van der Waals surface area contributed by atoms with Crippen LogP contribution in [0.4, 0.5) is 4.79 Å². The van der Waals surface area contributed by atoms with Gasteiger partial charge in [-0.05, 0) is 54.8 Å². The predicted octanol–water partition coefficient (Wildman–Crippen LogP) is 5.37. The van der Waals surface area contributed by atoms with Crippen molar-refractivity contribution in [1.29, 1.82) is 0 Å². The molecule has 6 heteroatoms. The Hall–Kier alpha value is -3.80. The van der Waals surface area contributed by atoms with Gasteiger partial charge in [0.15, 0.2) is 0 Å². The fraction of sp³-hybridized carbons (Fsp3) is 0.259. The summed E-state index contributed by atoms with van der Waals surface area (Å²) < 4.78 is 6.00. The van der Waals surface area contributed by atoms with Gasteiger partial charge in [0.25, 0.3) is 0 Å². The van der Waals surface area contributed by atoms with Crippen molar-refractivity contribution in [2.45, 2.75) is 26.9 Å². The SMILES string of the molecule is CCN(Cc1ccccc1)C(=O)N1CCOc2ccc(-c3ccc4nc(C)[nH]c4c3)cc2C1. The van der Waals surface area contributed by atoms with Crippen LogP contribution in [0.25, 0.3) is 22.2 Å². The highest BCUT2D eigenvalue weighted by Crippen LogP contribution is 2.31. The van der Waals surface area contributed by atoms with E-state index in [-0.39, 0.29) is 6.03 Å². The smallest absolute Gasteiger partial charge is 0.320 e. The van der Waals surface area contributed by atoms with Crippen molar-refractivity contribution >= 4 is 17.1 Å². The third kappa shape index (κ3) is 4.42. The molecule has 0 aliphatic carbocycles. The summed E-state index contributed by atoms with van der Waals surface area (Å²) in [5, 5.41) is 0. The molecule has 1 aliphatic rings. The number of ether oxygens (including phenoxy) is 1. The van der Waals surface area contributed by atoms with Crippen molar-refractivity contribution in [3.63, 3.8) is 0 Å². The van der Waals surface area contributed by atoms with Crippen LogP contribution in [0.15, 0.2) is 66.7 Å². The highest BCUT2D eigenvalue weighted by molar-refractivity contribution is 5.82. The summed E-state index contributed by atoms with van der Waals surface area (Å²) in [4.78, 5) is 25.0. The maximum Gasteiger partial charge on any atom is 0.320 e. The normalized spacial score (nSPS) is 13.3. The molecule has 2 heterocycles. The summed E-state index contributed by atoms with van der Waals surface area (Å²) in [6, 6.07) is 22.6. The maximum atomic E-state index is 13.4. The van der Waals surface area contributed by atoms with Gasteiger partial charge in [0.05, 0.1) is 24.1 Å². The molecule has 1 N–H and O–H groups in total. The Bertz CT molecular complexity index is 1280. The second-order valence-corrected chi connectivity index (χ2v) is 8.43. The highest BCUT2D eigenvalue weighted by atomic mass is 16.5. The van der Waals surface area contributed by atoms with Gasteiger partial charge in [0.2, 0.25) is 0 Å². The number of rotatable bonds is 4. The van der Waals surface area contributed by atoms with Crippen LogP contribution in [-0.2, 0) is 13.1 Å². The molecule has 0 spiro atoms. The number of carbonyl (C=O) groups is 1. The van der Waals surface area contributed by atoms with Crippen molar-refractivity contribution in [1.82, 2.24) is 19.8 Å². The number of benzene rings is 3. The van der Waals surface area contributed by atoms with Gasteiger partial charge in [-0.2, -0.15) is 0 Å². The molecular weight excluding hydrogens is 412 g/mol. The van der Waals surface area contributed by atoms with Crippen LogP contribution in [0, 0.1) is 6.92 Å². The summed E-state index contributed by atoms with van der Waals surface area (Å²) >= 11 is 0. The minimum Gasteiger partial charge on any atom is -0.491 e. The number of aryl methyl sites for hydroxylation is 1. The topological polar surface area (TPSA) is 61.5 Å². The summed E-state index contributed by atoms with van der Waals surface area (Å²) in [6.45, 7) is 6.81. The standard InChI is InChI=1S/C27H28N4O2/c1-3-30(17-20-7-5-4-6-8-20)27(32)31-13-14-33-26-12-10-21(15-23(26)18-31)22-9-11-24-25(16-22)29-19(2)28-24/h4-12,15-16H,3,13-14,17-18H2,1-2H3,(H,28,29). The number of amides is 2. The number of hydrogen-bond donors (Lipinski definition) is 1. The van der Waals surface area contributed by atoms with Gasteiger partial charge < -0.3 is 19.5 Å². The Kier molecular flexibility index (Phi) is 5.73. The molecular formula is C27H28N4O2. The Morgan fingerprint density at radius 2 is 1.88 bits per heavy atom. The second kappa shape index (κ2) is 8.98. The lowest BCUT2D eigenvalue weighted by Crippen LogP contribution is -2.43. The van der Waals surface area contributed by atoms with Crippen LogP contribution < -0.4 is 4.74 Å². The van der Waals surface area contributed by atoms with Crippen molar-refractivity contribution in [2.75, 3.05) is 19.7 Å². The minimum atomic E-state index is 0.0394. The average molecular weight is 441 g/mol. The van der Waals surface area contributed by atoms with Gasteiger partial charge >= 0.3 is 6.03 Å². The van der Waals surface area contributed by atoms with Crippen LogP contribution in [0.3, 0.4) is 0 Å². The molecule has 6 nitrogen and oxygen atoms in total. The lowest BCUT2D eigenvalue weighted by Gasteiger charge is -2.29. The fourth-order valence-electron chi connectivity index (χ4n) is 4.37. The largest absolute Gasteiger partial charge is 0.491 e. The van der Waals surface area contributed by atoms with E-state index in [1.807, 2.05) is 54.0 Å². The molecule has 4 aromatic rings. The van der Waals surface area contributed by atoms with Crippen molar-refractivity contribution in [3.8, 4) is 16.9 Å². The number of fused-ring (bicyclic) bond motifs is 2. The van der Waals surface area contributed by atoms with Crippen molar-refractivity contribution in [2.24, 2.45) is 0 Å². The van der Waals surface area contributed by atoms with E-state index in [4.69, 9.17) is 4.74 Å². The molecule has 33 heavy (non-hydrogen) atoms.